The van der Waals surface area contributed by atoms with Crippen LogP contribution in [0.1, 0.15) is 19.4 Å². The van der Waals surface area contributed by atoms with E-state index in [-0.39, 0.29) is 24.7 Å². The number of ether oxygens (including phenoxy) is 1. The molecule has 2 aliphatic rings. The molecule has 3 rings (SSSR count). The number of anilines is 1. The van der Waals surface area contributed by atoms with E-state index in [1.807, 2.05) is 24.2 Å². The largest absolute Gasteiger partial charge is 0.364 e. The van der Waals surface area contributed by atoms with Gasteiger partial charge in [0, 0.05) is 32.0 Å². The monoisotopic (exact) mass is 290 g/mol. The third kappa shape index (κ3) is 2.85. The maximum absolute atomic E-state index is 12.1. The summed E-state index contributed by atoms with van der Waals surface area (Å²) in [5.41, 5.74) is 1.04. The van der Waals surface area contributed by atoms with Gasteiger partial charge in [0.15, 0.2) is 0 Å². The molecule has 6 heteroatoms. The summed E-state index contributed by atoms with van der Waals surface area (Å²) in [6.45, 7) is 8.70. The molecule has 0 unspecified atom stereocenters. The summed E-state index contributed by atoms with van der Waals surface area (Å²) in [7, 11) is 0. The summed E-state index contributed by atoms with van der Waals surface area (Å²) in [4.78, 5) is 25.0. The Labute approximate surface area is 125 Å². The number of fused-ring (bicyclic) bond motifs is 1. The molecule has 0 bridgehead atoms. The highest BCUT2D eigenvalue weighted by Crippen LogP contribution is 2.26. The van der Waals surface area contributed by atoms with E-state index in [1.54, 1.807) is 0 Å². The SMILES string of the molecule is Cc1cnc(N2C[C@@H]3OCC(=O)N(CC(C)C)[C@H]3C2)nc1. The molecule has 0 radical (unpaired) electrons. The lowest BCUT2D eigenvalue weighted by Crippen LogP contribution is -2.55. The van der Waals surface area contributed by atoms with Crippen molar-refractivity contribution in [2.75, 3.05) is 31.1 Å². The minimum Gasteiger partial charge on any atom is -0.364 e. The number of carbonyl (C=O) groups is 1. The Kier molecular flexibility index (Phi) is 3.80. The molecule has 3 heterocycles. The molecule has 6 nitrogen and oxygen atoms in total. The number of morpholine rings is 1. The fraction of sp³-hybridized carbons (Fsp3) is 0.667. The zero-order valence-electron chi connectivity index (χ0n) is 12.8. The predicted molar refractivity (Wildman–Crippen MR) is 79.1 cm³/mol. The number of aromatic nitrogens is 2. The van der Waals surface area contributed by atoms with Gasteiger partial charge < -0.3 is 14.5 Å². The summed E-state index contributed by atoms with van der Waals surface area (Å²) in [5, 5.41) is 0. The molecular formula is C15H22N4O2. The van der Waals surface area contributed by atoms with Gasteiger partial charge in [0.1, 0.15) is 6.61 Å². The normalized spacial score (nSPS) is 25.6. The van der Waals surface area contributed by atoms with Crippen molar-refractivity contribution in [3.8, 4) is 0 Å². The molecule has 0 aliphatic carbocycles. The van der Waals surface area contributed by atoms with Gasteiger partial charge in [-0.25, -0.2) is 9.97 Å². The first-order valence-corrected chi connectivity index (χ1v) is 7.49. The second-order valence-corrected chi connectivity index (χ2v) is 6.32. The molecule has 114 valence electrons. The van der Waals surface area contributed by atoms with E-state index in [2.05, 4.69) is 28.7 Å². The van der Waals surface area contributed by atoms with Crippen LogP contribution in [0.25, 0.3) is 0 Å². The Balaban J connectivity index is 1.76. The van der Waals surface area contributed by atoms with Crippen molar-refractivity contribution >= 4 is 11.9 Å². The van der Waals surface area contributed by atoms with Crippen LogP contribution in [0.5, 0.6) is 0 Å². The van der Waals surface area contributed by atoms with Crippen molar-refractivity contribution in [2.24, 2.45) is 5.92 Å². The minimum atomic E-state index is 0.0614. The van der Waals surface area contributed by atoms with Crippen molar-refractivity contribution in [3.05, 3.63) is 18.0 Å². The zero-order chi connectivity index (χ0) is 15.0. The first kappa shape index (κ1) is 14.3. The van der Waals surface area contributed by atoms with Crippen LogP contribution < -0.4 is 4.90 Å². The second kappa shape index (κ2) is 5.60. The van der Waals surface area contributed by atoms with Crippen LogP contribution in [-0.2, 0) is 9.53 Å². The Hall–Kier alpha value is -1.69. The van der Waals surface area contributed by atoms with Crippen LogP contribution >= 0.6 is 0 Å². The molecule has 2 fully saturated rings. The molecule has 21 heavy (non-hydrogen) atoms. The van der Waals surface area contributed by atoms with Crippen LogP contribution in [0.15, 0.2) is 12.4 Å². The Morgan fingerprint density at radius 2 is 2.05 bits per heavy atom. The van der Waals surface area contributed by atoms with Crippen LogP contribution in [-0.4, -0.2) is 59.2 Å². The number of hydrogen-bond acceptors (Lipinski definition) is 5. The van der Waals surface area contributed by atoms with Gasteiger partial charge in [0.05, 0.1) is 12.1 Å². The minimum absolute atomic E-state index is 0.0614. The lowest BCUT2D eigenvalue weighted by Gasteiger charge is -2.37. The molecule has 0 aromatic carbocycles. The van der Waals surface area contributed by atoms with Gasteiger partial charge >= 0.3 is 0 Å². The van der Waals surface area contributed by atoms with Gasteiger partial charge in [-0.3, -0.25) is 4.79 Å². The highest BCUT2D eigenvalue weighted by atomic mass is 16.5. The molecule has 0 spiro atoms. The first-order chi connectivity index (χ1) is 10.0. The summed E-state index contributed by atoms with van der Waals surface area (Å²) in [6, 6.07) is 0.110. The summed E-state index contributed by atoms with van der Waals surface area (Å²) < 4.78 is 5.71. The molecule has 2 aliphatic heterocycles. The molecule has 0 saturated carbocycles. The van der Waals surface area contributed by atoms with Crippen molar-refractivity contribution in [2.45, 2.75) is 32.9 Å². The lowest BCUT2D eigenvalue weighted by molar-refractivity contribution is -0.153. The standard InChI is InChI=1S/C15H22N4O2/c1-10(2)6-19-12-7-18(8-13(12)21-9-14(19)20)15-16-4-11(3)5-17-15/h4-5,10,12-13H,6-9H2,1-3H3/t12-,13-/m0/s1. The van der Waals surface area contributed by atoms with E-state index in [0.717, 1.165) is 31.1 Å². The van der Waals surface area contributed by atoms with E-state index in [9.17, 15) is 4.79 Å². The Morgan fingerprint density at radius 3 is 2.71 bits per heavy atom. The van der Waals surface area contributed by atoms with Gasteiger partial charge in [-0.15, -0.1) is 0 Å². The number of aryl methyl sites for hydroxylation is 1. The number of carbonyl (C=O) groups excluding carboxylic acids is 1. The summed E-state index contributed by atoms with van der Waals surface area (Å²) in [5.74, 6) is 1.27. The predicted octanol–water partition coefficient (Wildman–Crippen LogP) is 0.857. The Morgan fingerprint density at radius 1 is 1.33 bits per heavy atom. The van der Waals surface area contributed by atoms with Crippen LogP contribution in [0.2, 0.25) is 0 Å². The van der Waals surface area contributed by atoms with Crippen LogP contribution in [0, 0.1) is 12.8 Å². The Bertz CT molecular complexity index is 517. The topological polar surface area (TPSA) is 58.6 Å². The van der Waals surface area contributed by atoms with Gasteiger partial charge in [0.25, 0.3) is 0 Å². The molecule has 0 N–H and O–H groups in total. The van der Waals surface area contributed by atoms with Crippen molar-refractivity contribution in [3.63, 3.8) is 0 Å². The highest BCUT2D eigenvalue weighted by Gasteiger charge is 2.43. The fourth-order valence-electron chi connectivity index (χ4n) is 3.01. The first-order valence-electron chi connectivity index (χ1n) is 7.49. The van der Waals surface area contributed by atoms with E-state index >= 15 is 0 Å². The zero-order valence-corrected chi connectivity index (χ0v) is 12.8. The van der Waals surface area contributed by atoms with Crippen molar-refractivity contribution < 1.29 is 9.53 Å². The van der Waals surface area contributed by atoms with Crippen LogP contribution in [0.3, 0.4) is 0 Å². The lowest BCUT2D eigenvalue weighted by atomic mass is 10.1. The van der Waals surface area contributed by atoms with E-state index in [1.165, 1.54) is 0 Å². The molecular weight excluding hydrogens is 268 g/mol. The highest BCUT2D eigenvalue weighted by molar-refractivity contribution is 5.79. The molecule has 2 saturated heterocycles. The maximum Gasteiger partial charge on any atom is 0.248 e. The average molecular weight is 290 g/mol. The number of nitrogens with zero attached hydrogens (tertiary/aromatic N) is 4. The molecule has 1 aromatic rings. The third-order valence-electron chi connectivity index (χ3n) is 3.99. The molecule has 1 amide bonds. The smallest absolute Gasteiger partial charge is 0.248 e. The van der Waals surface area contributed by atoms with Gasteiger partial charge in [-0.1, -0.05) is 13.8 Å². The van der Waals surface area contributed by atoms with Crippen LogP contribution in [0.4, 0.5) is 5.95 Å². The van der Waals surface area contributed by atoms with Crippen molar-refractivity contribution in [1.82, 2.24) is 14.9 Å². The fourth-order valence-corrected chi connectivity index (χ4v) is 3.01. The van der Waals surface area contributed by atoms with Crippen molar-refractivity contribution in [1.29, 1.82) is 0 Å². The third-order valence-corrected chi connectivity index (χ3v) is 3.99. The van der Waals surface area contributed by atoms with E-state index in [0.29, 0.717) is 5.92 Å². The quantitative estimate of drug-likeness (QED) is 0.826. The molecule has 2 atom stereocenters. The summed E-state index contributed by atoms with van der Waals surface area (Å²) in [6.07, 6.45) is 3.70. The number of rotatable bonds is 3. The molecule has 1 aromatic heterocycles. The van der Waals surface area contributed by atoms with E-state index in [4.69, 9.17) is 4.74 Å². The van der Waals surface area contributed by atoms with Gasteiger partial charge in [0.2, 0.25) is 11.9 Å². The summed E-state index contributed by atoms with van der Waals surface area (Å²) >= 11 is 0. The number of amides is 1. The number of hydrogen-bond donors (Lipinski definition) is 0. The van der Waals surface area contributed by atoms with Gasteiger partial charge in [-0.05, 0) is 18.4 Å². The van der Waals surface area contributed by atoms with Gasteiger partial charge in [-0.2, -0.15) is 0 Å². The average Bonchev–Trinajstić information content (AvgIpc) is 2.87. The maximum atomic E-state index is 12.1. The van der Waals surface area contributed by atoms with E-state index < -0.39 is 0 Å². The second-order valence-electron chi connectivity index (χ2n) is 6.32.